The van der Waals surface area contributed by atoms with Gasteiger partial charge in [-0.25, -0.2) is 0 Å². The van der Waals surface area contributed by atoms with E-state index in [0.717, 1.165) is 29.8 Å². The Hall–Kier alpha value is -0.580. The molecule has 0 bridgehead atoms. The first-order valence-corrected chi connectivity index (χ1v) is 7.65. The Labute approximate surface area is 123 Å². The second-order valence-electron chi connectivity index (χ2n) is 5.02. The lowest BCUT2D eigenvalue weighted by Gasteiger charge is -2.28. The number of halogens is 1. The summed E-state index contributed by atoms with van der Waals surface area (Å²) in [4.78, 5) is 0. The lowest BCUT2D eigenvalue weighted by atomic mass is 9.92. The first-order valence-electron chi connectivity index (χ1n) is 6.85. The molecule has 0 aliphatic carbocycles. The van der Waals surface area contributed by atoms with Crippen LogP contribution in [0.3, 0.4) is 0 Å². The van der Waals surface area contributed by atoms with E-state index in [1.54, 1.807) is 7.11 Å². The number of methoxy groups -OCH3 is 1. The summed E-state index contributed by atoms with van der Waals surface area (Å²) < 4.78 is 12.3. The van der Waals surface area contributed by atoms with Gasteiger partial charge in [-0.1, -0.05) is 35.8 Å². The summed E-state index contributed by atoms with van der Waals surface area (Å²) in [6.45, 7) is 6.18. The van der Waals surface area contributed by atoms with Crippen molar-refractivity contribution in [3.8, 4) is 5.75 Å². The van der Waals surface area contributed by atoms with E-state index in [2.05, 4.69) is 41.2 Å². The van der Waals surface area contributed by atoms with Crippen LogP contribution < -0.4 is 10.1 Å². The molecule has 1 fully saturated rings. The molecule has 3 nitrogen and oxygen atoms in total. The van der Waals surface area contributed by atoms with Crippen LogP contribution >= 0.6 is 15.9 Å². The van der Waals surface area contributed by atoms with Crippen LogP contribution in [0.25, 0.3) is 0 Å². The Morgan fingerprint density at radius 1 is 1.53 bits per heavy atom. The minimum absolute atomic E-state index is 0.225. The van der Waals surface area contributed by atoms with Gasteiger partial charge >= 0.3 is 0 Å². The summed E-state index contributed by atoms with van der Waals surface area (Å²) in [6, 6.07) is 6.36. The number of benzene rings is 1. The molecule has 0 aromatic heterocycles. The summed E-state index contributed by atoms with van der Waals surface area (Å²) in [5.74, 6) is 1.45. The van der Waals surface area contributed by atoms with Gasteiger partial charge in [0, 0.05) is 11.1 Å². The van der Waals surface area contributed by atoms with Crippen LogP contribution in [0, 0.1) is 5.92 Å². The Kier molecular flexibility index (Phi) is 5.25. The maximum Gasteiger partial charge on any atom is 0.120 e. The topological polar surface area (TPSA) is 30.5 Å². The van der Waals surface area contributed by atoms with E-state index in [0.29, 0.717) is 5.92 Å². The average molecular weight is 328 g/mol. The van der Waals surface area contributed by atoms with Crippen molar-refractivity contribution in [2.24, 2.45) is 5.92 Å². The highest BCUT2D eigenvalue weighted by Crippen LogP contribution is 2.35. The van der Waals surface area contributed by atoms with Gasteiger partial charge in [0.05, 0.1) is 19.3 Å². The smallest absolute Gasteiger partial charge is 0.120 e. The number of rotatable bonds is 5. The molecule has 0 spiro atoms. The fourth-order valence-electron chi connectivity index (χ4n) is 2.65. The number of hydrogen-bond donors (Lipinski definition) is 1. The molecule has 0 saturated carbocycles. The van der Waals surface area contributed by atoms with E-state index in [1.165, 1.54) is 5.56 Å². The molecular weight excluding hydrogens is 306 g/mol. The molecule has 3 unspecified atom stereocenters. The molecule has 0 amide bonds. The molecule has 0 radical (unpaired) electrons. The van der Waals surface area contributed by atoms with Gasteiger partial charge in [-0.2, -0.15) is 0 Å². The van der Waals surface area contributed by atoms with Crippen molar-refractivity contribution < 1.29 is 9.47 Å². The van der Waals surface area contributed by atoms with Gasteiger partial charge in [-0.15, -0.1) is 0 Å². The van der Waals surface area contributed by atoms with Gasteiger partial charge in [0.1, 0.15) is 5.75 Å². The molecule has 4 heteroatoms. The zero-order valence-corrected chi connectivity index (χ0v) is 13.4. The van der Waals surface area contributed by atoms with Crippen molar-refractivity contribution >= 4 is 15.9 Å². The highest BCUT2D eigenvalue weighted by Gasteiger charge is 2.33. The molecule has 1 aromatic carbocycles. The van der Waals surface area contributed by atoms with Crippen LogP contribution in [-0.4, -0.2) is 26.4 Å². The molecule has 1 aliphatic rings. The monoisotopic (exact) mass is 327 g/mol. The van der Waals surface area contributed by atoms with E-state index < -0.39 is 0 Å². The van der Waals surface area contributed by atoms with Crippen molar-refractivity contribution in [2.75, 3.05) is 20.3 Å². The first-order chi connectivity index (χ1) is 9.17. The summed E-state index contributed by atoms with van der Waals surface area (Å²) in [6.07, 6.45) is 1.38. The van der Waals surface area contributed by atoms with Crippen molar-refractivity contribution in [3.05, 3.63) is 28.2 Å². The van der Waals surface area contributed by atoms with Crippen LogP contribution in [0.2, 0.25) is 0 Å². The number of likely N-dealkylation sites (N-methyl/N-ethyl adjacent to an activating group) is 1. The van der Waals surface area contributed by atoms with Gasteiger partial charge in [0.25, 0.3) is 0 Å². The highest BCUT2D eigenvalue weighted by molar-refractivity contribution is 9.10. The van der Waals surface area contributed by atoms with E-state index in [4.69, 9.17) is 9.47 Å². The number of hydrogen-bond acceptors (Lipinski definition) is 3. The van der Waals surface area contributed by atoms with Crippen LogP contribution in [0.1, 0.15) is 31.9 Å². The SMILES string of the molecule is CCNC(c1ccc(OC)cc1Br)C1OCCC1C. The predicted molar refractivity (Wildman–Crippen MR) is 80.6 cm³/mol. The molecule has 106 valence electrons. The Morgan fingerprint density at radius 2 is 2.32 bits per heavy atom. The normalized spacial score (nSPS) is 24.4. The fraction of sp³-hybridized carbons (Fsp3) is 0.600. The molecule has 2 rings (SSSR count). The van der Waals surface area contributed by atoms with Crippen LogP contribution in [0.5, 0.6) is 5.75 Å². The second-order valence-corrected chi connectivity index (χ2v) is 5.88. The maximum absolute atomic E-state index is 5.93. The average Bonchev–Trinajstić information content (AvgIpc) is 2.82. The van der Waals surface area contributed by atoms with E-state index in [-0.39, 0.29) is 12.1 Å². The molecular formula is C15H22BrNO2. The fourth-order valence-corrected chi connectivity index (χ4v) is 3.26. The molecule has 1 heterocycles. The maximum atomic E-state index is 5.93. The Morgan fingerprint density at radius 3 is 2.84 bits per heavy atom. The van der Waals surface area contributed by atoms with Crippen molar-refractivity contribution in [1.82, 2.24) is 5.32 Å². The standard InChI is InChI=1S/C15H22BrNO2/c1-4-17-14(15-10(2)7-8-19-15)12-6-5-11(18-3)9-13(12)16/h5-6,9-10,14-15,17H,4,7-8H2,1-3H3. The lowest BCUT2D eigenvalue weighted by Crippen LogP contribution is -2.34. The van der Waals surface area contributed by atoms with Crippen LogP contribution in [0.15, 0.2) is 22.7 Å². The predicted octanol–water partition coefficient (Wildman–Crippen LogP) is 3.53. The summed E-state index contributed by atoms with van der Waals surface area (Å²) >= 11 is 3.65. The second kappa shape index (κ2) is 6.73. The molecule has 1 aromatic rings. The van der Waals surface area contributed by atoms with Gasteiger partial charge in [-0.3, -0.25) is 0 Å². The first kappa shape index (κ1) is 14.8. The van der Waals surface area contributed by atoms with E-state index >= 15 is 0 Å². The van der Waals surface area contributed by atoms with Crippen molar-refractivity contribution in [1.29, 1.82) is 0 Å². The van der Waals surface area contributed by atoms with Crippen molar-refractivity contribution in [2.45, 2.75) is 32.4 Å². The van der Waals surface area contributed by atoms with Gasteiger partial charge in [-0.05, 0) is 36.6 Å². The molecule has 19 heavy (non-hydrogen) atoms. The van der Waals surface area contributed by atoms with Gasteiger partial charge < -0.3 is 14.8 Å². The zero-order valence-electron chi connectivity index (χ0n) is 11.8. The summed E-state index contributed by atoms with van der Waals surface area (Å²) in [5, 5.41) is 3.55. The molecule has 1 saturated heterocycles. The molecule has 3 atom stereocenters. The van der Waals surface area contributed by atoms with Crippen molar-refractivity contribution in [3.63, 3.8) is 0 Å². The van der Waals surface area contributed by atoms with Gasteiger partial charge in [0.15, 0.2) is 0 Å². The minimum Gasteiger partial charge on any atom is -0.497 e. The minimum atomic E-state index is 0.225. The zero-order chi connectivity index (χ0) is 13.8. The molecule has 1 aliphatic heterocycles. The largest absolute Gasteiger partial charge is 0.497 e. The van der Waals surface area contributed by atoms with Gasteiger partial charge in [0.2, 0.25) is 0 Å². The summed E-state index contributed by atoms with van der Waals surface area (Å²) in [5.41, 5.74) is 1.24. The quantitative estimate of drug-likeness (QED) is 0.897. The number of nitrogens with one attached hydrogen (secondary N) is 1. The third kappa shape index (κ3) is 3.30. The van der Waals surface area contributed by atoms with Crippen LogP contribution in [-0.2, 0) is 4.74 Å². The Balaban J connectivity index is 2.28. The third-order valence-corrected chi connectivity index (χ3v) is 4.43. The van der Waals surface area contributed by atoms with E-state index in [9.17, 15) is 0 Å². The third-order valence-electron chi connectivity index (χ3n) is 3.74. The van der Waals surface area contributed by atoms with E-state index in [1.807, 2.05) is 12.1 Å². The Bertz CT molecular complexity index is 425. The summed E-state index contributed by atoms with van der Waals surface area (Å²) in [7, 11) is 1.69. The molecule has 1 N–H and O–H groups in total. The van der Waals surface area contributed by atoms with Crippen LogP contribution in [0.4, 0.5) is 0 Å². The lowest BCUT2D eigenvalue weighted by molar-refractivity contribution is 0.0610. The number of ether oxygens (including phenoxy) is 2. The highest BCUT2D eigenvalue weighted by atomic mass is 79.9.